The summed E-state index contributed by atoms with van der Waals surface area (Å²) in [6.07, 6.45) is 1.73. The van der Waals surface area contributed by atoms with Crippen LogP contribution >= 0.6 is 11.3 Å². The standard InChI is InChI=1S/C20H15FN2O2S/c21-14-5-3-13(4-6-14)12-23-17-10-15(22)7-8-18(17)25-19(20(23)24)11-16-2-1-9-26-16/h1-11H,12,22H2/b19-11+. The molecule has 1 amide bonds. The monoisotopic (exact) mass is 366 g/mol. The second-order valence-corrected chi connectivity index (χ2v) is 6.85. The lowest BCUT2D eigenvalue weighted by Gasteiger charge is -2.30. The molecule has 0 fully saturated rings. The van der Waals surface area contributed by atoms with Gasteiger partial charge in [0.25, 0.3) is 5.91 Å². The number of carbonyl (C=O) groups excluding carboxylic acids is 1. The lowest BCUT2D eigenvalue weighted by atomic mass is 10.1. The molecule has 26 heavy (non-hydrogen) atoms. The van der Waals surface area contributed by atoms with Crippen molar-refractivity contribution in [3.8, 4) is 5.75 Å². The smallest absolute Gasteiger partial charge is 0.294 e. The summed E-state index contributed by atoms with van der Waals surface area (Å²) in [5.74, 6) is 0.223. The van der Waals surface area contributed by atoms with Gasteiger partial charge in [-0.2, -0.15) is 0 Å². The first kappa shape index (κ1) is 16.4. The van der Waals surface area contributed by atoms with E-state index in [9.17, 15) is 9.18 Å². The Balaban J connectivity index is 1.75. The second kappa shape index (κ2) is 6.65. The molecule has 0 radical (unpaired) electrons. The molecule has 6 heteroatoms. The lowest BCUT2D eigenvalue weighted by Crippen LogP contribution is -2.36. The number of amides is 1. The van der Waals surface area contributed by atoms with Crippen molar-refractivity contribution in [2.45, 2.75) is 6.54 Å². The van der Waals surface area contributed by atoms with Crippen LogP contribution in [-0.4, -0.2) is 5.91 Å². The molecule has 4 nitrogen and oxygen atoms in total. The molecule has 0 bridgehead atoms. The molecule has 0 aliphatic carbocycles. The van der Waals surface area contributed by atoms with Crippen molar-refractivity contribution in [3.63, 3.8) is 0 Å². The highest BCUT2D eigenvalue weighted by Crippen LogP contribution is 2.38. The molecule has 1 aliphatic rings. The molecule has 0 saturated heterocycles. The number of anilines is 2. The van der Waals surface area contributed by atoms with Gasteiger partial charge in [0, 0.05) is 16.6 Å². The van der Waals surface area contributed by atoms with Crippen LogP contribution in [0.25, 0.3) is 6.08 Å². The fourth-order valence-corrected chi connectivity index (χ4v) is 3.41. The van der Waals surface area contributed by atoms with Crippen LogP contribution in [0.15, 0.2) is 65.7 Å². The molecule has 1 aliphatic heterocycles. The number of thiophene rings is 1. The quantitative estimate of drug-likeness (QED) is 0.551. The first-order valence-corrected chi connectivity index (χ1v) is 8.87. The van der Waals surface area contributed by atoms with Crippen LogP contribution in [0.4, 0.5) is 15.8 Å². The van der Waals surface area contributed by atoms with Gasteiger partial charge >= 0.3 is 0 Å². The van der Waals surface area contributed by atoms with Crippen molar-refractivity contribution in [2.75, 3.05) is 10.6 Å². The number of hydrogen-bond acceptors (Lipinski definition) is 4. The first-order chi connectivity index (χ1) is 12.6. The predicted molar refractivity (Wildman–Crippen MR) is 101 cm³/mol. The SMILES string of the molecule is Nc1ccc2c(c1)N(Cc1ccc(F)cc1)C(=O)/C(=C\c1cccs1)O2. The normalized spacial score (nSPS) is 15.0. The fourth-order valence-electron chi connectivity index (χ4n) is 2.76. The zero-order chi connectivity index (χ0) is 18.1. The number of nitrogen functional groups attached to an aromatic ring is 1. The van der Waals surface area contributed by atoms with Crippen LogP contribution in [0.2, 0.25) is 0 Å². The molecule has 0 unspecified atom stereocenters. The largest absolute Gasteiger partial charge is 0.449 e. The van der Waals surface area contributed by atoms with Gasteiger partial charge in [-0.15, -0.1) is 11.3 Å². The Morgan fingerprint density at radius 3 is 2.69 bits per heavy atom. The van der Waals surface area contributed by atoms with E-state index in [-0.39, 0.29) is 17.5 Å². The molecular formula is C20H15FN2O2S. The van der Waals surface area contributed by atoms with Crippen LogP contribution in [0.3, 0.4) is 0 Å². The molecule has 4 rings (SSSR count). The van der Waals surface area contributed by atoms with Gasteiger partial charge in [0.15, 0.2) is 11.5 Å². The van der Waals surface area contributed by atoms with Crippen LogP contribution in [0, 0.1) is 5.82 Å². The number of rotatable bonds is 3. The summed E-state index contributed by atoms with van der Waals surface area (Å²) in [5.41, 5.74) is 7.84. The Morgan fingerprint density at radius 2 is 1.96 bits per heavy atom. The highest BCUT2D eigenvalue weighted by atomic mass is 32.1. The van der Waals surface area contributed by atoms with Gasteiger partial charge in [-0.05, 0) is 47.3 Å². The summed E-state index contributed by atoms with van der Waals surface area (Å²) in [7, 11) is 0. The lowest BCUT2D eigenvalue weighted by molar-refractivity contribution is -0.117. The summed E-state index contributed by atoms with van der Waals surface area (Å²) in [6.45, 7) is 0.292. The number of benzene rings is 2. The Labute approximate surface area is 153 Å². The molecule has 2 aromatic carbocycles. The van der Waals surface area contributed by atoms with E-state index in [1.54, 1.807) is 41.3 Å². The molecule has 2 N–H and O–H groups in total. The topological polar surface area (TPSA) is 55.6 Å². The number of hydrogen-bond donors (Lipinski definition) is 1. The molecule has 3 aromatic rings. The van der Waals surface area contributed by atoms with E-state index in [1.165, 1.54) is 23.5 Å². The van der Waals surface area contributed by atoms with E-state index in [2.05, 4.69) is 0 Å². The highest BCUT2D eigenvalue weighted by Gasteiger charge is 2.30. The number of carbonyl (C=O) groups is 1. The fraction of sp³-hybridized carbons (Fsp3) is 0.0500. The minimum atomic E-state index is -0.315. The van der Waals surface area contributed by atoms with Gasteiger partial charge in [-0.25, -0.2) is 4.39 Å². The van der Waals surface area contributed by atoms with Crippen LogP contribution in [0.5, 0.6) is 5.75 Å². The molecule has 2 heterocycles. The van der Waals surface area contributed by atoms with Crippen molar-refractivity contribution in [1.29, 1.82) is 0 Å². The van der Waals surface area contributed by atoms with E-state index in [0.717, 1.165) is 10.4 Å². The molecule has 130 valence electrons. The van der Waals surface area contributed by atoms with E-state index in [4.69, 9.17) is 10.5 Å². The Hall–Kier alpha value is -3.12. The summed E-state index contributed by atoms with van der Waals surface area (Å²) in [6, 6.07) is 15.1. The second-order valence-electron chi connectivity index (χ2n) is 5.87. The average molecular weight is 366 g/mol. The maximum absolute atomic E-state index is 13.2. The third kappa shape index (κ3) is 3.19. The molecule has 0 spiro atoms. The maximum atomic E-state index is 13.2. The summed E-state index contributed by atoms with van der Waals surface area (Å²) in [5, 5.41) is 1.94. The van der Waals surface area contributed by atoms with Crippen molar-refractivity contribution < 1.29 is 13.9 Å². The van der Waals surface area contributed by atoms with Gasteiger partial charge in [0.1, 0.15) is 5.82 Å². The third-order valence-corrected chi connectivity index (χ3v) is 4.84. The van der Waals surface area contributed by atoms with Crippen molar-refractivity contribution in [2.24, 2.45) is 0 Å². The van der Waals surface area contributed by atoms with Crippen LogP contribution < -0.4 is 15.4 Å². The van der Waals surface area contributed by atoms with Gasteiger partial charge in [0.05, 0.1) is 12.2 Å². The summed E-state index contributed by atoms with van der Waals surface area (Å²) < 4.78 is 19.0. The Bertz CT molecular complexity index is 982. The zero-order valence-corrected chi connectivity index (χ0v) is 14.5. The Morgan fingerprint density at radius 1 is 1.15 bits per heavy atom. The summed E-state index contributed by atoms with van der Waals surface area (Å²) >= 11 is 1.52. The molecule has 0 atom stereocenters. The number of nitrogens with two attached hydrogens (primary N) is 1. The van der Waals surface area contributed by atoms with Crippen LogP contribution in [0.1, 0.15) is 10.4 Å². The van der Waals surface area contributed by atoms with Crippen molar-refractivity contribution in [3.05, 3.63) is 82.0 Å². The maximum Gasteiger partial charge on any atom is 0.294 e. The minimum Gasteiger partial charge on any atom is -0.449 e. The van der Waals surface area contributed by atoms with Crippen molar-refractivity contribution in [1.82, 2.24) is 0 Å². The minimum absolute atomic E-state index is 0.242. The van der Waals surface area contributed by atoms with Gasteiger partial charge in [-0.3, -0.25) is 9.69 Å². The third-order valence-electron chi connectivity index (χ3n) is 4.02. The number of halogens is 1. The van der Waals surface area contributed by atoms with E-state index < -0.39 is 0 Å². The molecule has 0 saturated carbocycles. The zero-order valence-electron chi connectivity index (χ0n) is 13.7. The highest BCUT2D eigenvalue weighted by molar-refractivity contribution is 7.10. The van der Waals surface area contributed by atoms with Gasteiger partial charge in [0.2, 0.25) is 0 Å². The average Bonchev–Trinajstić information content (AvgIpc) is 3.14. The van der Waals surface area contributed by atoms with Gasteiger partial charge < -0.3 is 10.5 Å². The van der Waals surface area contributed by atoms with Crippen LogP contribution in [-0.2, 0) is 11.3 Å². The molecule has 1 aromatic heterocycles. The van der Waals surface area contributed by atoms with E-state index in [1.807, 2.05) is 17.5 Å². The number of ether oxygens (including phenoxy) is 1. The molecular weight excluding hydrogens is 351 g/mol. The van der Waals surface area contributed by atoms with Crippen molar-refractivity contribution >= 4 is 34.7 Å². The van der Waals surface area contributed by atoms with Gasteiger partial charge in [-0.1, -0.05) is 18.2 Å². The Kier molecular flexibility index (Phi) is 4.18. The number of fused-ring (bicyclic) bond motifs is 1. The van der Waals surface area contributed by atoms with E-state index >= 15 is 0 Å². The first-order valence-electron chi connectivity index (χ1n) is 7.99. The predicted octanol–water partition coefficient (Wildman–Crippen LogP) is 4.44. The number of nitrogens with zero attached hydrogens (tertiary/aromatic N) is 1. The summed E-state index contributed by atoms with van der Waals surface area (Å²) in [4.78, 5) is 15.5. The van der Waals surface area contributed by atoms with E-state index in [0.29, 0.717) is 23.7 Å².